The summed E-state index contributed by atoms with van der Waals surface area (Å²) in [7, 11) is 0. The van der Waals surface area contributed by atoms with Gasteiger partial charge >= 0.3 is 15.7 Å². The molecule has 0 saturated heterocycles. The van der Waals surface area contributed by atoms with Crippen LogP contribution in [0.5, 0.6) is 0 Å². The zero-order valence-corrected chi connectivity index (χ0v) is 36.9. The van der Waals surface area contributed by atoms with Crippen molar-refractivity contribution in [1.29, 1.82) is 0 Å². The predicted octanol–water partition coefficient (Wildman–Crippen LogP) is 10.3. The number of hydrogen-bond acceptors (Lipinski definition) is 2. The summed E-state index contributed by atoms with van der Waals surface area (Å²) in [5.41, 5.74) is 28.5. The van der Waals surface area contributed by atoms with Crippen molar-refractivity contribution in [2.24, 2.45) is 9.98 Å². The Morgan fingerprint density at radius 1 is 0.373 bits per heavy atom. The van der Waals surface area contributed by atoms with Crippen molar-refractivity contribution in [2.45, 2.75) is 69.2 Å². The molecular formula is C54H48AlN4. The van der Waals surface area contributed by atoms with E-state index in [9.17, 15) is 0 Å². The second-order valence-electron chi connectivity index (χ2n) is 17.2. The third kappa shape index (κ3) is 5.94. The standard InChI is InChI=1S/C54H48N4.Al/c1-29-11-13-39(14-12-29)51-40-15-17-42(55-40)52(48-33(5)23-30(2)24-34(48)6)44-19-21-46(57-44)54(50-37(9)27-32(4)28-38(50)10)47-22-20-45(58-47)53(43-18-16-41(51)56-43)49-35(7)25-31(3)26-36(49)8;/h11-28H,1-10H3;/q-2;+2. The molecule has 5 heteroatoms. The average molecular weight is 780 g/mol. The van der Waals surface area contributed by atoms with Crippen LogP contribution in [-0.4, -0.2) is 34.2 Å². The Balaban J connectivity index is 1.45. The topological polar surface area (TPSA) is 34.6 Å². The van der Waals surface area contributed by atoms with E-state index in [1.54, 1.807) is 0 Å². The summed E-state index contributed by atoms with van der Waals surface area (Å²) in [5.74, 6) is 0. The average Bonchev–Trinajstić information content (AvgIpc) is 3.99. The quantitative estimate of drug-likeness (QED) is 0.160. The van der Waals surface area contributed by atoms with E-state index in [-0.39, 0.29) is 0 Å². The fourth-order valence-electron chi connectivity index (χ4n) is 10.4. The van der Waals surface area contributed by atoms with Crippen molar-refractivity contribution in [3.63, 3.8) is 0 Å². The molecule has 4 aromatic carbocycles. The van der Waals surface area contributed by atoms with Gasteiger partial charge in [0.05, 0.1) is 22.8 Å². The molecule has 287 valence electrons. The van der Waals surface area contributed by atoms with Gasteiger partial charge in [0.25, 0.3) is 0 Å². The van der Waals surface area contributed by atoms with Crippen LogP contribution in [-0.2, 0) is 0 Å². The van der Waals surface area contributed by atoms with Crippen LogP contribution in [0.1, 0.15) is 89.3 Å². The molecule has 0 unspecified atom stereocenters. The van der Waals surface area contributed by atoms with Crippen LogP contribution in [0.4, 0.5) is 0 Å². The molecule has 59 heavy (non-hydrogen) atoms. The van der Waals surface area contributed by atoms with Crippen LogP contribution in [0.3, 0.4) is 0 Å². The Labute approximate surface area is 354 Å². The van der Waals surface area contributed by atoms with Crippen molar-refractivity contribution >= 4 is 49.4 Å². The number of allylic oxidation sites excluding steroid dienone is 4. The highest BCUT2D eigenvalue weighted by molar-refractivity contribution is 6.37. The Bertz CT molecular complexity index is 3120. The molecular weight excluding hydrogens is 732 g/mol. The Hall–Kier alpha value is -5.99. The minimum atomic E-state index is -0.600. The van der Waals surface area contributed by atoms with Crippen molar-refractivity contribution in [2.75, 3.05) is 0 Å². The summed E-state index contributed by atoms with van der Waals surface area (Å²) in [6.45, 7) is 22.3. The van der Waals surface area contributed by atoms with Crippen LogP contribution in [0.2, 0.25) is 0 Å². The lowest BCUT2D eigenvalue weighted by Gasteiger charge is -2.25. The number of hydrogen-bond donors (Lipinski definition) is 0. The Morgan fingerprint density at radius 3 is 1.20 bits per heavy atom. The summed E-state index contributed by atoms with van der Waals surface area (Å²) >= 11 is -0.600. The van der Waals surface area contributed by atoms with E-state index >= 15 is 0 Å². The van der Waals surface area contributed by atoms with Gasteiger partial charge in [-0.3, -0.25) is 0 Å². The number of aliphatic imine (C=N–C) groups is 2. The lowest BCUT2D eigenvalue weighted by Crippen LogP contribution is -2.40. The zero-order valence-electron chi connectivity index (χ0n) is 35.8. The number of aromatic nitrogens is 2. The van der Waals surface area contributed by atoms with Crippen LogP contribution < -0.4 is 10.7 Å². The first kappa shape index (κ1) is 37.3. The summed E-state index contributed by atoms with van der Waals surface area (Å²) in [4.78, 5) is 11.3. The van der Waals surface area contributed by atoms with E-state index in [0.717, 1.165) is 39.3 Å². The molecule has 0 atom stereocenters. The maximum absolute atomic E-state index is 5.70. The molecule has 0 N–H and O–H groups in total. The van der Waals surface area contributed by atoms with E-state index < -0.39 is 15.7 Å². The number of fused-ring (bicyclic) bond motifs is 2. The van der Waals surface area contributed by atoms with Gasteiger partial charge < -0.3 is 7.10 Å². The van der Waals surface area contributed by atoms with Crippen molar-refractivity contribution in [1.82, 2.24) is 7.10 Å². The van der Waals surface area contributed by atoms with Gasteiger partial charge in [0.15, 0.2) is 0 Å². The number of rotatable bonds is 4. The molecule has 10 rings (SSSR count). The molecule has 0 amide bonds. The molecule has 6 bridgehead atoms. The molecule has 0 aliphatic carbocycles. The number of aryl methyl sites for hydroxylation is 10. The lowest BCUT2D eigenvalue weighted by atomic mass is 9.90. The SMILES string of the molecule is Cc1ccc(C2=c3ccc4[n]3[Al][n]3c(ccc3C(c3c(C)cc(C)cc3C)=C3C=CC(=N3)C=4c3c(C)cc(C)cc3C)C(c3c(C)cc(C)cc3C)=C3C=CC2=N3)cc1. The van der Waals surface area contributed by atoms with E-state index in [2.05, 4.69) is 186 Å². The minimum absolute atomic E-state index is 0.600. The molecule has 0 fully saturated rings. The molecule has 4 nitrogen and oxygen atoms in total. The molecule has 2 aromatic heterocycles. The predicted molar refractivity (Wildman–Crippen MR) is 248 cm³/mol. The fraction of sp³-hybridized carbons (Fsp3) is 0.185. The maximum atomic E-state index is 5.70. The van der Waals surface area contributed by atoms with E-state index in [0.29, 0.717) is 0 Å². The van der Waals surface area contributed by atoms with Crippen LogP contribution in [0.25, 0.3) is 22.3 Å². The minimum Gasteiger partial charge on any atom is -0.420 e. The van der Waals surface area contributed by atoms with Crippen LogP contribution in [0, 0.1) is 69.2 Å². The third-order valence-corrected chi connectivity index (χ3v) is 14.1. The third-order valence-electron chi connectivity index (χ3n) is 12.5. The summed E-state index contributed by atoms with van der Waals surface area (Å²) < 4.78 is 5.28. The van der Waals surface area contributed by atoms with Crippen molar-refractivity contribution in [3.05, 3.63) is 221 Å². The van der Waals surface area contributed by atoms with E-state index in [1.165, 1.54) is 106 Å². The van der Waals surface area contributed by atoms with E-state index in [4.69, 9.17) is 9.98 Å². The first-order chi connectivity index (χ1) is 28.4. The van der Waals surface area contributed by atoms with Crippen LogP contribution in [0.15, 0.2) is 131 Å². The highest BCUT2D eigenvalue weighted by Crippen LogP contribution is 2.42. The van der Waals surface area contributed by atoms with Gasteiger partial charge in [-0.15, -0.1) is 0 Å². The molecule has 1 radical (unpaired) electrons. The summed E-state index contributed by atoms with van der Waals surface area (Å²) in [5, 5.41) is 2.34. The van der Waals surface area contributed by atoms with E-state index in [1.807, 2.05) is 0 Å². The fourth-order valence-corrected chi connectivity index (χ4v) is 12.0. The van der Waals surface area contributed by atoms with Gasteiger partial charge in [0.2, 0.25) is 0 Å². The maximum Gasteiger partial charge on any atom is 0.564 e. The van der Waals surface area contributed by atoms with Gasteiger partial charge in [0.1, 0.15) is 0 Å². The highest BCUT2D eigenvalue weighted by Gasteiger charge is 2.31. The van der Waals surface area contributed by atoms with Gasteiger partial charge in [-0.1, -0.05) is 82.9 Å². The van der Waals surface area contributed by atoms with Crippen LogP contribution >= 0.6 is 0 Å². The molecule has 4 aliphatic rings. The van der Waals surface area contributed by atoms with Gasteiger partial charge in [-0.05, 0) is 173 Å². The molecule has 6 heterocycles. The van der Waals surface area contributed by atoms with Gasteiger partial charge in [-0.2, -0.15) is 0 Å². The largest absolute Gasteiger partial charge is 0.564 e. The van der Waals surface area contributed by atoms with Gasteiger partial charge in [-0.25, -0.2) is 9.98 Å². The second-order valence-corrected chi connectivity index (χ2v) is 18.4. The smallest absolute Gasteiger partial charge is 0.420 e. The second kappa shape index (κ2) is 13.8. The van der Waals surface area contributed by atoms with Gasteiger partial charge in [0, 0.05) is 44.4 Å². The molecule has 6 aromatic rings. The van der Waals surface area contributed by atoms with Crippen molar-refractivity contribution < 1.29 is 0 Å². The number of nitrogens with zero attached hydrogens (tertiary/aromatic N) is 4. The highest BCUT2D eigenvalue weighted by atomic mass is 27.1. The Kier molecular flexibility index (Phi) is 8.73. The monoisotopic (exact) mass is 779 g/mol. The summed E-state index contributed by atoms with van der Waals surface area (Å²) in [6, 6.07) is 32.3. The lowest BCUT2D eigenvalue weighted by molar-refractivity contribution is 1.02. The molecule has 4 aliphatic heterocycles. The molecule has 0 spiro atoms. The Morgan fingerprint density at radius 2 is 0.763 bits per heavy atom. The van der Waals surface area contributed by atoms with Crippen molar-refractivity contribution in [3.8, 4) is 0 Å². The normalized spacial score (nSPS) is 15.3. The first-order valence-corrected chi connectivity index (χ1v) is 21.8. The first-order valence-electron chi connectivity index (χ1n) is 20.7. The number of benzene rings is 4. The summed E-state index contributed by atoms with van der Waals surface area (Å²) in [6.07, 6.45) is 9.02. The zero-order chi connectivity index (χ0) is 41.0. The molecule has 0 saturated carbocycles.